The molecule has 1 aromatic carbocycles. The molecule has 2 nitrogen and oxygen atoms in total. The van der Waals surface area contributed by atoms with Crippen molar-refractivity contribution in [2.75, 3.05) is 7.05 Å². The van der Waals surface area contributed by atoms with Crippen LogP contribution in [0.3, 0.4) is 0 Å². The Balaban J connectivity index is 2.82. The molecule has 0 atom stereocenters. The van der Waals surface area contributed by atoms with Gasteiger partial charge in [-0.15, -0.1) is 0 Å². The van der Waals surface area contributed by atoms with Crippen LogP contribution in [0.2, 0.25) is 0 Å². The zero-order valence-electron chi connectivity index (χ0n) is 11.4. The minimum absolute atomic E-state index is 0.0877. The highest BCUT2D eigenvalue weighted by Gasteiger charge is 2.47. The summed E-state index contributed by atoms with van der Waals surface area (Å²) in [4.78, 5) is 13.5. The maximum atomic E-state index is 13.2. The lowest BCUT2D eigenvalue weighted by atomic mass is 9.87. The van der Waals surface area contributed by atoms with Crippen LogP contribution in [0, 0.1) is 0 Å². The zero-order valence-corrected chi connectivity index (χ0v) is 11.4. The third kappa shape index (κ3) is 1.91. The Morgan fingerprint density at radius 2 is 1.84 bits per heavy atom. The van der Waals surface area contributed by atoms with E-state index in [1.165, 1.54) is 11.9 Å². The van der Waals surface area contributed by atoms with Crippen molar-refractivity contribution in [1.82, 2.24) is 4.90 Å². The molecule has 0 aromatic heterocycles. The Morgan fingerprint density at radius 3 is 2.32 bits per heavy atom. The van der Waals surface area contributed by atoms with Gasteiger partial charge in [0.1, 0.15) is 0 Å². The summed E-state index contributed by atoms with van der Waals surface area (Å²) in [6.45, 7) is 5.05. The predicted octanol–water partition coefficient (Wildman–Crippen LogP) is 3.59. The average molecular weight is 271 g/mol. The highest BCUT2D eigenvalue weighted by molar-refractivity contribution is 6.00. The van der Waals surface area contributed by atoms with E-state index in [0.717, 1.165) is 6.07 Å². The van der Waals surface area contributed by atoms with Crippen LogP contribution >= 0.6 is 0 Å². The van der Waals surface area contributed by atoms with Crippen molar-refractivity contribution in [3.63, 3.8) is 0 Å². The lowest BCUT2D eigenvalue weighted by Gasteiger charge is -2.30. The second-order valence-electron chi connectivity index (χ2n) is 5.34. The molecule has 1 aromatic rings. The van der Waals surface area contributed by atoms with E-state index in [0.29, 0.717) is 12.0 Å². The smallest absolute Gasteiger partial charge is 0.332 e. The quantitative estimate of drug-likeness (QED) is 0.764. The molecular weight excluding hydrogens is 255 g/mol. The summed E-state index contributed by atoms with van der Waals surface area (Å²) in [7, 11) is 1.54. The van der Waals surface area contributed by atoms with Gasteiger partial charge in [0.15, 0.2) is 0 Å². The Morgan fingerprint density at radius 1 is 1.26 bits per heavy atom. The molecule has 104 valence electrons. The third-order valence-electron chi connectivity index (χ3n) is 3.90. The number of carbonyl (C=O) groups is 1. The second kappa shape index (κ2) is 3.99. The fraction of sp³-hybridized carbons (Fsp3) is 0.500. The number of hydrogen-bond donors (Lipinski definition) is 0. The highest BCUT2D eigenvalue weighted by atomic mass is 19.4. The number of alkyl halides is 3. The first-order chi connectivity index (χ1) is 8.60. The first-order valence-corrected chi connectivity index (χ1v) is 6.13. The Bertz CT molecular complexity index is 546. The van der Waals surface area contributed by atoms with Crippen LogP contribution in [-0.2, 0) is 18.1 Å². The largest absolute Gasteiger partial charge is 0.416 e. The number of rotatable bonds is 1. The van der Waals surface area contributed by atoms with Crippen LogP contribution in [0.1, 0.15) is 47.8 Å². The van der Waals surface area contributed by atoms with E-state index in [1.54, 1.807) is 26.8 Å². The number of halogens is 3. The van der Waals surface area contributed by atoms with Crippen LogP contribution in [0.5, 0.6) is 0 Å². The number of benzene rings is 1. The average Bonchev–Trinajstić information content (AvgIpc) is 2.49. The predicted molar refractivity (Wildman–Crippen MR) is 65.9 cm³/mol. The fourth-order valence-corrected chi connectivity index (χ4v) is 2.56. The van der Waals surface area contributed by atoms with E-state index in [9.17, 15) is 18.0 Å². The number of aryl methyl sites for hydroxylation is 1. The van der Waals surface area contributed by atoms with Gasteiger partial charge >= 0.3 is 6.18 Å². The van der Waals surface area contributed by atoms with E-state index in [1.807, 2.05) is 0 Å². The summed E-state index contributed by atoms with van der Waals surface area (Å²) in [6.07, 6.45) is -3.98. The molecule has 0 spiro atoms. The number of fused-ring (bicyclic) bond motifs is 1. The molecule has 5 heteroatoms. The zero-order chi connectivity index (χ0) is 14.6. The van der Waals surface area contributed by atoms with Crippen molar-refractivity contribution >= 4 is 5.91 Å². The Hall–Kier alpha value is -1.52. The van der Waals surface area contributed by atoms with Crippen molar-refractivity contribution in [3.8, 4) is 0 Å². The second-order valence-corrected chi connectivity index (χ2v) is 5.34. The van der Waals surface area contributed by atoms with Gasteiger partial charge in [0, 0.05) is 18.2 Å². The molecule has 1 aliphatic rings. The van der Waals surface area contributed by atoms with Crippen LogP contribution < -0.4 is 0 Å². The molecule has 1 amide bonds. The number of amides is 1. The SMILES string of the molecule is CCc1cc2c(c(C(F)(F)F)c1)C(C)(C)N(C)C2=O. The fourth-order valence-electron chi connectivity index (χ4n) is 2.56. The van der Waals surface area contributed by atoms with E-state index < -0.39 is 17.3 Å². The molecular formula is C14H16F3NO. The van der Waals surface area contributed by atoms with Gasteiger partial charge in [-0.05, 0) is 38.0 Å². The molecule has 1 aliphatic heterocycles. The van der Waals surface area contributed by atoms with Crippen molar-refractivity contribution in [3.05, 3.63) is 34.4 Å². The Kier molecular flexibility index (Phi) is 2.92. The molecule has 1 heterocycles. The molecule has 0 unspecified atom stereocenters. The van der Waals surface area contributed by atoms with Crippen molar-refractivity contribution in [2.45, 2.75) is 38.9 Å². The van der Waals surface area contributed by atoms with Crippen molar-refractivity contribution in [2.24, 2.45) is 0 Å². The summed E-state index contributed by atoms with van der Waals surface area (Å²) in [6, 6.07) is 2.74. The van der Waals surface area contributed by atoms with E-state index in [-0.39, 0.29) is 17.0 Å². The van der Waals surface area contributed by atoms with Gasteiger partial charge in [-0.2, -0.15) is 13.2 Å². The summed E-state index contributed by atoms with van der Waals surface area (Å²) in [5, 5.41) is 0. The maximum absolute atomic E-state index is 13.2. The molecule has 0 bridgehead atoms. The van der Waals surface area contributed by atoms with Crippen LogP contribution in [0.25, 0.3) is 0 Å². The summed E-state index contributed by atoms with van der Waals surface area (Å²) in [5.74, 6) is -0.346. The number of carbonyl (C=O) groups excluding carboxylic acids is 1. The molecule has 0 N–H and O–H groups in total. The minimum atomic E-state index is -4.45. The molecule has 0 saturated carbocycles. The molecule has 0 radical (unpaired) electrons. The lowest BCUT2D eigenvalue weighted by molar-refractivity contribution is -0.139. The highest BCUT2D eigenvalue weighted by Crippen LogP contribution is 2.45. The molecule has 2 rings (SSSR count). The first kappa shape index (κ1) is 13.9. The summed E-state index contributed by atoms with van der Waals surface area (Å²) in [5.41, 5.74) is -0.831. The maximum Gasteiger partial charge on any atom is 0.416 e. The van der Waals surface area contributed by atoms with Gasteiger partial charge in [0.25, 0.3) is 5.91 Å². The van der Waals surface area contributed by atoms with Crippen LogP contribution in [-0.4, -0.2) is 17.9 Å². The molecule has 0 fully saturated rings. The van der Waals surface area contributed by atoms with E-state index in [4.69, 9.17) is 0 Å². The first-order valence-electron chi connectivity index (χ1n) is 6.13. The van der Waals surface area contributed by atoms with Crippen molar-refractivity contribution < 1.29 is 18.0 Å². The van der Waals surface area contributed by atoms with E-state index >= 15 is 0 Å². The van der Waals surface area contributed by atoms with Gasteiger partial charge in [0.05, 0.1) is 11.1 Å². The van der Waals surface area contributed by atoms with Gasteiger partial charge in [0.2, 0.25) is 0 Å². The summed E-state index contributed by atoms with van der Waals surface area (Å²) >= 11 is 0. The number of hydrogen-bond acceptors (Lipinski definition) is 1. The van der Waals surface area contributed by atoms with Crippen LogP contribution in [0.15, 0.2) is 12.1 Å². The van der Waals surface area contributed by atoms with Crippen LogP contribution in [0.4, 0.5) is 13.2 Å². The molecule has 0 saturated heterocycles. The molecule has 19 heavy (non-hydrogen) atoms. The Labute approximate surface area is 110 Å². The molecule has 0 aliphatic carbocycles. The van der Waals surface area contributed by atoms with Gasteiger partial charge in [-0.3, -0.25) is 4.79 Å². The van der Waals surface area contributed by atoms with Crippen molar-refractivity contribution in [1.29, 1.82) is 0 Å². The minimum Gasteiger partial charge on any atom is -0.332 e. The van der Waals surface area contributed by atoms with Gasteiger partial charge in [-0.25, -0.2) is 0 Å². The lowest BCUT2D eigenvalue weighted by Crippen LogP contribution is -2.36. The van der Waals surface area contributed by atoms with Gasteiger partial charge < -0.3 is 4.90 Å². The normalized spacial score (nSPS) is 17.8. The third-order valence-corrected chi connectivity index (χ3v) is 3.90. The topological polar surface area (TPSA) is 20.3 Å². The van der Waals surface area contributed by atoms with Gasteiger partial charge in [-0.1, -0.05) is 6.92 Å². The monoisotopic (exact) mass is 271 g/mol. The summed E-state index contributed by atoms with van der Waals surface area (Å²) < 4.78 is 39.7. The van der Waals surface area contributed by atoms with E-state index in [2.05, 4.69) is 0 Å². The number of nitrogens with zero attached hydrogens (tertiary/aromatic N) is 1. The standard InChI is InChI=1S/C14H16F3NO/c1-5-8-6-9-11(10(7-8)14(15,16)17)13(2,3)18(4)12(9)19/h6-7H,5H2,1-4H3.